The summed E-state index contributed by atoms with van der Waals surface area (Å²) in [5.74, 6) is 0.0681. The van der Waals surface area contributed by atoms with Gasteiger partial charge in [-0.25, -0.2) is 0 Å². The van der Waals surface area contributed by atoms with Crippen LogP contribution in [-0.2, 0) is 4.79 Å². The molecule has 16 heavy (non-hydrogen) atoms. The molecule has 0 aliphatic carbocycles. The highest BCUT2D eigenvalue weighted by atomic mass is 16.2. The molecule has 0 unspecified atom stereocenters. The van der Waals surface area contributed by atoms with Gasteiger partial charge >= 0.3 is 0 Å². The Hall–Kier alpha value is -0.830. The lowest BCUT2D eigenvalue weighted by Gasteiger charge is -2.20. The lowest BCUT2D eigenvalue weighted by Crippen LogP contribution is -2.44. The van der Waals surface area contributed by atoms with Crippen LogP contribution in [0.2, 0.25) is 0 Å². The molecule has 1 amide bonds. The first-order chi connectivity index (χ1) is 7.45. The fourth-order valence-corrected chi connectivity index (χ4v) is 1.38. The topological polar surface area (TPSA) is 41.1 Å². The van der Waals surface area contributed by atoms with Crippen LogP contribution in [0, 0.1) is 0 Å². The standard InChI is InChI=1S/C13H26N2O/c1-5-6-7-8-9-10-14-11-12(16)15-13(2,3)4/h5,14H,1,6-11H2,2-4H3,(H,15,16). The molecule has 0 saturated heterocycles. The molecule has 0 atom stereocenters. The van der Waals surface area contributed by atoms with Gasteiger partial charge in [0, 0.05) is 5.54 Å². The number of allylic oxidation sites excluding steroid dienone is 1. The molecule has 0 aliphatic rings. The van der Waals surface area contributed by atoms with Gasteiger partial charge in [-0.3, -0.25) is 4.79 Å². The monoisotopic (exact) mass is 226 g/mol. The molecule has 0 radical (unpaired) electrons. The number of hydrogen-bond acceptors (Lipinski definition) is 2. The summed E-state index contributed by atoms with van der Waals surface area (Å²) in [6, 6.07) is 0. The summed E-state index contributed by atoms with van der Waals surface area (Å²) in [6.07, 6.45) is 6.55. The van der Waals surface area contributed by atoms with Crippen LogP contribution in [0.3, 0.4) is 0 Å². The molecule has 0 spiro atoms. The van der Waals surface area contributed by atoms with Crippen molar-refractivity contribution in [2.24, 2.45) is 0 Å². The van der Waals surface area contributed by atoms with Crippen molar-refractivity contribution in [3.8, 4) is 0 Å². The van der Waals surface area contributed by atoms with Gasteiger partial charge in [0.1, 0.15) is 0 Å². The van der Waals surface area contributed by atoms with Crippen molar-refractivity contribution in [1.82, 2.24) is 10.6 Å². The molecule has 0 bridgehead atoms. The zero-order valence-electron chi connectivity index (χ0n) is 10.9. The van der Waals surface area contributed by atoms with Crippen molar-refractivity contribution >= 4 is 5.91 Å². The fraction of sp³-hybridized carbons (Fsp3) is 0.769. The summed E-state index contributed by atoms with van der Waals surface area (Å²) in [5.41, 5.74) is -0.136. The Bertz CT molecular complexity index is 206. The average molecular weight is 226 g/mol. The number of hydrogen-bond donors (Lipinski definition) is 2. The van der Waals surface area contributed by atoms with Gasteiger partial charge in [-0.05, 0) is 46.6 Å². The van der Waals surface area contributed by atoms with Crippen LogP contribution in [0.5, 0.6) is 0 Å². The second kappa shape index (κ2) is 8.34. The highest BCUT2D eigenvalue weighted by molar-refractivity contribution is 5.78. The van der Waals surface area contributed by atoms with Crippen molar-refractivity contribution < 1.29 is 4.79 Å². The van der Waals surface area contributed by atoms with Gasteiger partial charge in [-0.15, -0.1) is 6.58 Å². The van der Waals surface area contributed by atoms with E-state index in [-0.39, 0.29) is 11.4 Å². The van der Waals surface area contributed by atoms with Crippen molar-refractivity contribution in [3.63, 3.8) is 0 Å². The smallest absolute Gasteiger partial charge is 0.234 e. The molecule has 0 aromatic heterocycles. The van der Waals surface area contributed by atoms with E-state index in [0.717, 1.165) is 19.4 Å². The number of rotatable bonds is 8. The maximum absolute atomic E-state index is 11.4. The second-order valence-corrected chi connectivity index (χ2v) is 5.11. The maximum Gasteiger partial charge on any atom is 0.234 e. The summed E-state index contributed by atoms with van der Waals surface area (Å²) in [7, 11) is 0. The Labute approximate surface area is 99.7 Å². The fourth-order valence-electron chi connectivity index (χ4n) is 1.38. The van der Waals surface area contributed by atoms with Crippen molar-refractivity contribution in [2.45, 2.75) is 52.0 Å². The van der Waals surface area contributed by atoms with E-state index in [9.17, 15) is 4.79 Å². The van der Waals surface area contributed by atoms with Gasteiger partial charge in [0.05, 0.1) is 6.54 Å². The van der Waals surface area contributed by atoms with E-state index in [4.69, 9.17) is 0 Å². The first-order valence-electron chi connectivity index (χ1n) is 6.08. The maximum atomic E-state index is 11.4. The largest absolute Gasteiger partial charge is 0.350 e. The second-order valence-electron chi connectivity index (χ2n) is 5.11. The summed E-state index contributed by atoms with van der Waals surface area (Å²) in [6.45, 7) is 11.0. The lowest BCUT2D eigenvalue weighted by atomic mass is 10.1. The van der Waals surface area contributed by atoms with E-state index in [1.807, 2.05) is 26.8 Å². The van der Waals surface area contributed by atoms with Crippen molar-refractivity contribution in [3.05, 3.63) is 12.7 Å². The summed E-state index contributed by atoms with van der Waals surface area (Å²) >= 11 is 0. The van der Waals surface area contributed by atoms with E-state index in [1.54, 1.807) is 0 Å². The minimum absolute atomic E-state index is 0.0681. The van der Waals surface area contributed by atoms with Crippen LogP contribution >= 0.6 is 0 Å². The molecular weight excluding hydrogens is 200 g/mol. The summed E-state index contributed by atoms with van der Waals surface area (Å²) in [5, 5.41) is 6.06. The van der Waals surface area contributed by atoms with E-state index in [2.05, 4.69) is 17.2 Å². The zero-order valence-corrected chi connectivity index (χ0v) is 10.9. The number of unbranched alkanes of at least 4 members (excludes halogenated alkanes) is 3. The Kier molecular flexibility index (Phi) is 7.90. The minimum atomic E-state index is -0.136. The molecule has 0 fully saturated rings. The van der Waals surface area contributed by atoms with Crippen LogP contribution in [0.25, 0.3) is 0 Å². The third kappa shape index (κ3) is 11.2. The van der Waals surface area contributed by atoms with Gasteiger partial charge in [0.2, 0.25) is 5.91 Å². The van der Waals surface area contributed by atoms with Gasteiger partial charge in [-0.1, -0.05) is 12.5 Å². The van der Waals surface area contributed by atoms with Crippen LogP contribution in [0.4, 0.5) is 0 Å². The molecule has 0 aromatic carbocycles. The number of carbonyl (C=O) groups excluding carboxylic acids is 1. The van der Waals surface area contributed by atoms with Crippen LogP contribution in [0.1, 0.15) is 46.5 Å². The average Bonchev–Trinajstić information content (AvgIpc) is 2.13. The minimum Gasteiger partial charge on any atom is -0.350 e. The third-order valence-corrected chi connectivity index (χ3v) is 2.06. The van der Waals surface area contributed by atoms with Crippen LogP contribution < -0.4 is 10.6 Å². The molecule has 0 rings (SSSR count). The number of nitrogens with one attached hydrogen (secondary N) is 2. The third-order valence-electron chi connectivity index (χ3n) is 2.06. The first kappa shape index (κ1) is 15.2. The predicted octanol–water partition coefficient (Wildman–Crippen LogP) is 2.24. The van der Waals surface area contributed by atoms with Crippen LogP contribution in [0.15, 0.2) is 12.7 Å². The number of carbonyl (C=O) groups is 1. The van der Waals surface area contributed by atoms with Gasteiger partial charge in [0.15, 0.2) is 0 Å². The molecule has 0 heterocycles. The van der Waals surface area contributed by atoms with E-state index < -0.39 is 0 Å². The quantitative estimate of drug-likeness (QED) is 0.492. The summed E-state index contributed by atoms with van der Waals surface area (Å²) in [4.78, 5) is 11.4. The molecular formula is C13H26N2O. The van der Waals surface area contributed by atoms with E-state index in [1.165, 1.54) is 12.8 Å². The van der Waals surface area contributed by atoms with Gasteiger partial charge < -0.3 is 10.6 Å². The Morgan fingerprint density at radius 1 is 1.25 bits per heavy atom. The Balaban J connectivity index is 3.31. The van der Waals surface area contributed by atoms with Crippen LogP contribution in [-0.4, -0.2) is 24.5 Å². The Morgan fingerprint density at radius 2 is 1.94 bits per heavy atom. The van der Waals surface area contributed by atoms with Crippen molar-refractivity contribution in [1.29, 1.82) is 0 Å². The predicted molar refractivity (Wildman–Crippen MR) is 69.4 cm³/mol. The normalized spacial score (nSPS) is 11.2. The molecule has 3 heteroatoms. The summed E-state index contributed by atoms with van der Waals surface area (Å²) < 4.78 is 0. The highest BCUT2D eigenvalue weighted by Crippen LogP contribution is 1.99. The molecule has 94 valence electrons. The van der Waals surface area contributed by atoms with Gasteiger partial charge in [-0.2, -0.15) is 0 Å². The molecule has 0 saturated carbocycles. The highest BCUT2D eigenvalue weighted by Gasteiger charge is 2.12. The zero-order chi connectivity index (χ0) is 12.4. The first-order valence-corrected chi connectivity index (χ1v) is 6.08. The Morgan fingerprint density at radius 3 is 2.50 bits per heavy atom. The van der Waals surface area contributed by atoms with Crippen molar-refractivity contribution in [2.75, 3.05) is 13.1 Å². The molecule has 0 aromatic rings. The van der Waals surface area contributed by atoms with Gasteiger partial charge in [0.25, 0.3) is 0 Å². The lowest BCUT2D eigenvalue weighted by molar-refractivity contribution is -0.121. The molecule has 2 N–H and O–H groups in total. The molecule has 3 nitrogen and oxygen atoms in total. The van der Waals surface area contributed by atoms with E-state index >= 15 is 0 Å². The van der Waals surface area contributed by atoms with E-state index in [0.29, 0.717) is 6.54 Å². The molecule has 0 aliphatic heterocycles. The number of amides is 1. The SMILES string of the molecule is C=CCCCCCNCC(=O)NC(C)(C)C.